The van der Waals surface area contributed by atoms with E-state index in [1.54, 1.807) is 0 Å². The molecule has 2 rings (SSSR count). The monoisotopic (exact) mass is 250 g/mol. The molecule has 0 saturated heterocycles. The molecule has 0 radical (unpaired) electrons. The summed E-state index contributed by atoms with van der Waals surface area (Å²) < 4.78 is 9.60. The molecule has 0 spiro atoms. The first-order valence-corrected chi connectivity index (χ1v) is 6.26. The van der Waals surface area contributed by atoms with E-state index in [-0.39, 0.29) is 5.97 Å². The lowest BCUT2D eigenvalue weighted by Crippen LogP contribution is -2.29. The molecule has 4 nitrogen and oxygen atoms in total. The van der Waals surface area contributed by atoms with Crippen LogP contribution in [0, 0.1) is 5.92 Å². The second kappa shape index (κ2) is 5.38. The lowest BCUT2D eigenvalue weighted by molar-refractivity contribution is -0.146. The van der Waals surface area contributed by atoms with Gasteiger partial charge in [-0.2, -0.15) is 0 Å². The summed E-state index contributed by atoms with van der Waals surface area (Å²) in [5, 5.41) is 0. The Labute approximate surface area is 107 Å². The Morgan fingerprint density at radius 3 is 2.56 bits per heavy atom. The van der Waals surface area contributed by atoms with Crippen LogP contribution < -0.4 is 0 Å². The first-order chi connectivity index (χ1) is 8.69. The highest BCUT2D eigenvalue weighted by Crippen LogP contribution is 2.40. The normalized spacial score (nSPS) is 23.0. The molecule has 0 N–H and O–H groups in total. The van der Waals surface area contributed by atoms with Gasteiger partial charge in [-0.1, -0.05) is 17.2 Å². The topological polar surface area (TPSA) is 52.6 Å². The largest absolute Gasteiger partial charge is 0.468 e. The second-order valence-electron chi connectivity index (χ2n) is 4.65. The number of hydrogen-bond donors (Lipinski definition) is 0. The maximum absolute atomic E-state index is 11.9. The van der Waals surface area contributed by atoms with Gasteiger partial charge in [-0.15, -0.1) is 0 Å². The average Bonchev–Trinajstić information content (AvgIpc) is 2.44. The number of hydrogen-bond acceptors (Lipinski definition) is 4. The fraction of sp³-hybridized carbons (Fsp3) is 0.571. The van der Waals surface area contributed by atoms with Crippen LogP contribution in [0.5, 0.6) is 0 Å². The molecule has 0 bridgehead atoms. The summed E-state index contributed by atoms with van der Waals surface area (Å²) in [6.07, 6.45) is 6.71. The first-order valence-electron chi connectivity index (χ1n) is 6.26. The Bertz CT molecular complexity index is 431. The van der Waals surface area contributed by atoms with Crippen LogP contribution in [0.25, 0.3) is 0 Å². The van der Waals surface area contributed by atoms with E-state index < -0.39 is 11.9 Å². The molecule has 2 aliphatic carbocycles. The molecule has 0 aromatic heterocycles. The summed E-state index contributed by atoms with van der Waals surface area (Å²) >= 11 is 0. The number of esters is 2. The summed E-state index contributed by atoms with van der Waals surface area (Å²) in [6.45, 7) is 0. The Balaban J connectivity index is 2.36. The van der Waals surface area contributed by atoms with Crippen molar-refractivity contribution in [1.82, 2.24) is 0 Å². The van der Waals surface area contributed by atoms with Crippen LogP contribution in [-0.2, 0) is 19.1 Å². The van der Waals surface area contributed by atoms with Gasteiger partial charge < -0.3 is 9.47 Å². The van der Waals surface area contributed by atoms with Crippen LogP contribution in [0.1, 0.15) is 32.1 Å². The van der Waals surface area contributed by atoms with Gasteiger partial charge in [0.15, 0.2) is 0 Å². The minimum Gasteiger partial charge on any atom is -0.468 e. The van der Waals surface area contributed by atoms with Gasteiger partial charge in [-0.3, -0.25) is 4.79 Å². The molecule has 0 amide bonds. The molecule has 18 heavy (non-hydrogen) atoms. The van der Waals surface area contributed by atoms with Gasteiger partial charge in [0.1, 0.15) is 5.92 Å². The molecule has 0 heterocycles. The quantitative estimate of drug-likeness (QED) is 0.556. The fourth-order valence-electron chi connectivity index (χ4n) is 2.82. The van der Waals surface area contributed by atoms with Crippen LogP contribution >= 0.6 is 0 Å². The van der Waals surface area contributed by atoms with E-state index >= 15 is 0 Å². The molecule has 0 aromatic rings. The van der Waals surface area contributed by atoms with Gasteiger partial charge in [-0.05, 0) is 32.1 Å². The van der Waals surface area contributed by atoms with Gasteiger partial charge in [0.2, 0.25) is 0 Å². The SMILES string of the molecule is COC(=O)C1=CCC2=C(CCCC2)C1C(=O)OC. The van der Waals surface area contributed by atoms with Gasteiger partial charge in [0, 0.05) is 0 Å². The summed E-state index contributed by atoms with van der Waals surface area (Å²) in [5.41, 5.74) is 2.81. The second-order valence-corrected chi connectivity index (χ2v) is 4.65. The van der Waals surface area contributed by atoms with E-state index in [0.29, 0.717) is 5.57 Å². The molecule has 0 aliphatic heterocycles. The number of ether oxygens (including phenoxy) is 2. The van der Waals surface area contributed by atoms with Crippen molar-refractivity contribution < 1.29 is 19.1 Å². The third kappa shape index (κ3) is 2.19. The predicted molar refractivity (Wildman–Crippen MR) is 65.7 cm³/mol. The Morgan fingerprint density at radius 1 is 1.17 bits per heavy atom. The highest BCUT2D eigenvalue weighted by atomic mass is 16.5. The molecular formula is C14H18O4. The summed E-state index contributed by atoms with van der Waals surface area (Å²) in [7, 11) is 2.69. The molecule has 2 aliphatic rings. The highest BCUT2D eigenvalue weighted by Gasteiger charge is 2.36. The standard InChI is InChI=1S/C14H18O4/c1-17-13(15)11-8-7-9-5-3-4-6-10(9)12(11)14(16)18-2/h8,12H,3-7H2,1-2H3. The van der Waals surface area contributed by atoms with Gasteiger partial charge >= 0.3 is 11.9 Å². The van der Waals surface area contributed by atoms with Crippen molar-refractivity contribution in [3.8, 4) is 0 Å². The van der Waals surface area contributed by atoms with Crippen LogP contribution in [0.4, 0.5) is 0 Å². The van der Waals surface area contributed by atoms with Crippen LogP contribution in [0.2, 0.25) is 0 Å². The number of allylic oxidation sites excluding steroid dienone is 2. The van der Waals surface area contributed by atoms with E-state index in [1.807, 2.05) is 6.08 Å². The number of methoxy groups -OCH3 is 2. The van der Waals surface area contributed by atoms with Crippen molar-refractivity contribution >= 4 is 11.9 Å². The minimum absolute atomic E-state index is 0.360. The molecule has 0 aromatic carbocycles. The smallest absolute Gasteiger partial charge is 0.334 e. The molecule has 1 unspecified atom stereocenters. The predicted octanol–water partition coefficient (Wildman–Crippen LogP) is 2.15. The maximum Gasteiger partial charge on any atom is 0.334 e. The van der Waals surface area contributed by atoms with E-state index in [9.17, 15) is 9.59 Å². The number of carbonyl (C=O) groups excluding carboxylic acids is 2. The van der Waals surface area contributed by atoms with Gasteiger partial charge in [0.05, 0.1) is 19.8 Å². The van der Waals surface area contributed by atoms with Crippen LogP contribution in [-0.4, -0.2) is 26.2 Å². The van der Waals surface area contributed by atoms with E-state index in [1.165, 1.54) is 19.8 Å². The Hall–Kier alpha value is -1.58. The fourth-order valence-corrected chi connectivity index (χ4v) is 2.82. The summed E-state index contributed by atoms with van der Waals surface area (Å²) in [4.78, 5) is 23.7. The van der Waals surface area contributed by atoms with Crippen molar-refractivity contribution in [1.29, 1.82) is 0 Å². The maximum atomic E-state index is 11.9. The first kappa shape index (κ1) is 12.9. The third-order valence-electron chi connectivity index (χ3n) is 3.71. The molecule has 0 saturated carbocycles. The summed E-state index contributed by atoms with van der Waals surface area (Å²) in [6, 6.07) is 0. The minimum atomic E-state index is -0.550. The zero-order valence-electron chi connectivity index (χ0n) is 10.8. The Morgan fingerprint density at radius 2 is 1.89 bits per heavy atom. The average molecular weight is 250 g/mol. The van der Waals surface area contributed by atoms with Crippen molar-refractivity contribution in [3.05, 3.63) is 22.8 Å². The van der Waals surface area contributed by atoms with Gasteiger partial charge in [-0.25, -0.2) is 4.79 Å². The highest BCUT2D eigenvalue weighted by molar-refractivity contribution is 5.97. The van der Waals surface area contributed by atoms with Crippen LogP contribution in [0.15, 0.2) is 22.8 Å². The number of carbonyl (C=O) groups is 2. The zero-order chi connectivity index (χ0) is 13.1. The molecule has 4 heteroatoms. The lowest BCUT2D eigenvalue weighted by atomic mass is 9.75. The molecule has 1 atom stereocenters. The van der Waals surface area contributed by atoms with Crippen molar-refractivity contribution in [2.24, 2.45) is 5.92 Å². The summed E-state index contributed by atoms with van der Waals surface area (Å²) in [5.74, 6) is -1.34. The van der Waals surface area contributed by atoms with Gasteiger partial charge in [0.25, 0.3) is 0 Å². The van der Waals surface area contributed by atoms with E-state index in [2.05, 4.69) is 0 Å². The van der Waals surface area contributed by atoms with Crippen molar-refractivity contribution in [2.45, 2.75) is 32.1 Å². The van der Waals surface area contributed by atoms with Crippen molar-refractivity contribution in [3.63, 3.8) is 0 Å². The molecule has 0 fully saturated rings. The van der Waals surface area contributed by atoms with Crippen molar-refractivity contribution in [2.75, 3.05) is 14.2 Å². The third-order valence-corrected chi connectivity index (χ3v) is 3.71. The lowest BCUT2D eigenvalue weighted by Gasteiger charge is -2.30. The zero-order valence-corrected chi connectivity index (χ0v) is 10.8. The van der Waals surface area contributed by atoms with Crippen LogP contribution in [0.3, 0.4) is 0 Å². The van der Waals surface area contributed by atoms with E-state index in [4.69, 9.17) is 9.47 Å². The number of rotatable bonds is 2. The molecular weight excluding hydrogens is 232 g/mol. The Kier molecular flexibility index (Phi) is 3.84. The van der Waals surface area contributed by atoms with E-state index in [0.717, 1.165) is 37.7 Å². The molecule has 98 valence electrons.